The molecule has 0 heterocycles. The fraction of sp³-hybridized carbons (Fsp3) is 0.500. The normalized spacial score (nSPS) is 26.0. The lowest BCUT2D eigenvalue weighted by Crippen LogP contribution is -2.33. The largest absolute Gasteiger partial charge is 0.507 e. The van der Waals surface area contributed by atoms with E-state index in [9.17, 15) is 15.0 Å². The number of carboxylic acids is 1. The number of carbonyl (C=O) groups is 1. The van der Waals surface area contributed by atoms with Crippen LogP contribution >= 0.6 is 0 Å². The van der Waals surface area contributed by atoms with Gasteiger partial charge in [-0.1, -0.05) is 45.7 Å². The lowest BCUT2D eigenvalue weighted by molar-refractivity contribution is 0.0689. The Kier molecular flexibility index (Phi) is 7.39. The molecule has 0 saturated heterocycles. The molecule has 7 rings (SSSR count). The van der Waals surface area contributed by atoms with Crippen LogP contribution in [0.3, 0.4) is 0 Å². The van der Waals surface area contributed by atoms with Crippen molar-refractivity contribution < 1.29 is 24.5 Å². The summed E-state index contributed by atoms with van der Waals surface area (Å²) >= 11 is 0. The summed E-state index contributed by atoms with van der Waals surface area (Å²) in [4.78, 5) is 13.3. The summed E-state index contributed by atoms with van der Waals surface area (Å²) in [5.74, 6) is 2.45. The van der Waals surface area contributed by atoms with Gasteiger partial charge in [0.25, 0.3) is 0 Å². The summed E-state index contributed by atoms with van der Waals surface area (Å²) in [5.41, 5.74) is 7.08. The number of hydrogen-bond acceptors (Lipinski definition) is 4. The lowest BCUT2D eigenvalue weighted by atomic mass is 9.74. The van der Waals surface area contributed by atoms with E-state index in [1.807, 2.05) is 24.3 Å². The Bertz CT molecular complexity index is 1570. The molecule has 4 aliphatic rings. The van der Waals surface area contributed by atoms with Crippen LogP contribution in [0.25, 0.3) is 22.3 Å². The van der Waals surface area contributed by atoms with Crippen molar-refractivity contribution in [2.24, 2.45) is 17.8 Å². The molecule has 0 aromatic heterocycles. The predicted molar refractivity (Wildman–Crippen MR) is 169 cm³/mol. The maximum atomic E-state index is 13.3. The number of benzene rings is 3. The van der Waals surface area contributed by atoms with Crippen molar-refractivity contribution >= 4 is 5.97 Å². The van der Waals surface area contributed by atoms with Crippen molar-refractivity contribution in [1.82, 2.24) is 0 Å². The van der Waals surface area contributed by atoms with Gasteiger partial charge in [0.1, 0.15) is 29.5 Å². The SMILES string of the molecule is CC1CCCCC1Oc1ccc2c(c1)-c1c(c(O)c3c(c1C(=O)O)-c1cc(OC4CCCC(C)C4C)ccc1CC3)CC2. The van der Waals surface area contributed by atoms with Crippen LogP contribution in [0.2, 0.25) is 0 Å². The van der Waals surface area contributed by atoms with E-state index in [-0.39, 0.29) is 18.0 Å². The smallest absolute Gasteiger partial charge is 0.336 e. The van der Waals surface area contributed by atoms with Crippen molar-refractivity contribution in [3.8, 4) is 39.5 Å². The van der Waals surface area contributed by atoms with Gasteiger partial charge in [0.2, 0.25) is 0 Å². The standard InChI is InChI=1S/C38H44O5/c1-21-8-6-10-33(23(21)3)43-27-16-12-25-14-18-29-35(31(25)20-27)36(38(40)41)34-28(37(29)39)17-13-24-11-15-26(19-30(24)34)42-32-9-5-4-7-22(32)2/h11-12,15-16,19-23,32-33,39H,4-10,13-14,17-18H2,1-3H3,(H,40,41). The van der Waals surface area contributed by atoms with Crippen LogP contribution in [0.4, 0.5) is 0 Å². The van der Waals surface area contributed by atoms with Crippen molar-refractivity contribution in [2.75, 3.05) is 0 Å². The lowest BCUT2D eigenvalue weighted by Gasteiger charge is -2.34. The van der Waals surface area contributed by atoms with Crippen LogP contribution in [0.1, 0.15) is 98.3 Å². The molecular weight excluding hydrogens is 536 g/mol. The summed E-state index contributed by atoms with van der Waals surface area (Å²) in [6.07, 6.45) is 11.2. The highest BCUT2D eigenvalue weighted by Gasteiger charge is 2.35. The third-order valence-electron chi connectivity index (χ3n) is 11.1. The number of phenolic OH excluding ortho intramolecular Hbond substituents is 1. The van der Waals surface area contributed by atoms with Gasteiger partial charge in [0.05, 0.1) is 5.56 Å². The number of aromatic carboxylic acids is 1. The molecule has 2 N–H and O–H groups in total. The van der Waals surface area contributed by atoms with Crippen molar-refractivity contribution in [3.63, 3.8) is 0 Å². The topological polar surface area (TPSA) is 76.0 Å². The van der Waals surface area contributed by atoms with Gasteiger partial charge in [-0.05, 0) is 122 Å². The van der Waals surface area contributed by atoms with Crippen LogP contribution in [-0.4, -0.2) is 28.4 Å². The van der Waals surface area contributed by atoms with Crippen molar-refractivity contribution in [3.05, 3.63) is 64.2 Å². The maximum absolute atomic E-state index is 13.3. The van der Waals surface area contributed by atoms with Crippen LogP contribution < -0.4 is 9.47 Å². The molecule has 3 aromatic carbocycles. The minimum Gasteiger partial charge on any atom is -0.507 e. The van der Waals surface area contributed by atoms with Gasteiger partial charge in [0.15, 0.2) is 0 Å². The molecule has 4 aliphatic carbocycles. The fourth-order valence-corrected chi connectivity index (χ4v) is 8.33. The van der Waals surface area contributed by atoms with E-state index in [0.29, 0.717) is 47.3 Å². The molecule has 5 heteroatoms. The summed E-state index contributed by atoms with van der Waals surface area (Å²) < 4.78 is 13.1. The summed E-state index contributed by atoms with van der Waals surface area (Å²) in [6.45, 7) is 6.84. The van der Waals surface area contributed by atoms with E-state index in [0.717, 1.165) is 77.0 Å². The highest BCUT2D eigenvalue weighted by atomic mass is 16.5. The van der Waals surface area contributed by atoms with Crippen molar-refractivity contribution in [1.29, 1.82) is 0 Å². The van der Waals surface area contributed by atoms with Crippen molar-refractivity contribution in [2.45, 2.75) is 104 Å². The number of carboxylic acid groups (broad SMARTS) is 1. The molecule has 2 saturated carbocycles. The number of ether oxygens (including phenoxy) is 2. The second-order valence-corrected chi connectivity index (χ2v) is 13.7. The van der Waals surface area contributed by atoms with Crippen LogP contribution in [0, 0.1) is 17.8 Å². The molecule has 43 heavy (non-hydrogen) atoms. The first-order valence-electron chi connectivity index (χ1n) is 16.5. The molecule has 2 fully saturated rings. The molecule has 0 amide bonds. The highest BCUT2D eigenvalue weighted by molar-refractivity contribution is 6.07. The van der Waals surface area contributed by atoms with Gasteiger partial charge in [-0.2, -0.15) is 0 Å². The molecule has 3 aromatic rings. The molecule has 226 valence electrons. The molecule has 0 aliphatic heterocycles. The summed E-state index contributed by atoms with van der Waals surface area (Å²) in [5, 5.41) is 22.6. The van der Waals surface area contributed by atoms with E-state index in [1.165, 1.54) is 25.7 Å². The third kappa shape index (κ3) is 4.99. The Morgan fingerprint density at radius 1 is 0.698 bits per heavy atom. The van der Waals surface area contributed by atoms with Gasteiger partial charge < -0.3 is 19.7 Å². The molecule has 5 atom stereocenters. The maximum Gasteiger partial charge on any atom is 0.336 e. The first kappa shape index (κ1) is 28.3. The summed E-state index contributed by atoms with van der Waals surface area (Å²) in [7, 11) is 0. The average Bonchev–Trinajstić information content (AvgIpc) is 3.00. The number of aryl methyl sites for hydroxylation is 2. The zero-order valence-corrected chi connectivity index (χ0v) is 25.7. The zero-order chi connectivity index (χ0) is 29.8. The number of fused-ring (bicyclic) bond motifs is 6. The number of aromatic hydroxyl groups is 1. The zero-order valence-electron chi connectivity index (χ0n) is 25.7. The number of phenols is 1. The van der Waals surface area contributed by atoms with E-state index >= 15 is 0 Å². The van der Waals surface area contributed by atoms with Crippen LogP contribution in [0.5, 0.6) is 17.2 Å². The second kappa shape index (κ2) is 11.2. The Balaban J connectivity index is 1.34. The molecule has 0 radical (unpaired) electrons. The number of rotatable bonds is 5. The first-order valence-corrected chi connectivity index (χ1v) is 16.5. The Morgan fingerprint density at radius 3 is 1.81 bits per heavy atom. The molecule has 0 spiro atoms. The first-order chi connectivity index (χ1) is 20.8. The number of hydrogen-bond donors (Lipinski definition) is 2. The molecule has 5 unspecified atom stereocenters. The molecule has 0 bridgehead atoms. The minimum atomic E-state index is -0.957. The third-order valence-corrected chi connectivity index (χ3v) is 11.1. The van der Waals surface area contributed by atoms with Gasteiger partial charge in [-0.25, -0.2) is 4.79 Å². The Hall–Kier alpha value is -3.47. The van der Waals surface area contributed by atoms with E-state index in [1.54, 1.807) is 0 Å². The quantitative estimate of drug-likeness (QED) is 0.315. The molecular formula is C38H44O5. The van der Waals surface area contributed by atoms with Gasteiger partial charge in [-0.3, -0.25) is 0 Å². The van der Waals surface area contributed by atoms with Gasteiger partial charge in [0, 0.05) is 22.3 Å². The Morgan fingerprint density at radius 2 is 1.23 bits per heavy atom. The predicted octanol–water partition coefficient (Wildman–Crippen LogP) is 8.78. The second-order valence-electron chi connectivity index (χ2n) is 13.7. The summed E-state index contributed by atoms with van der Waals surface area (Å²) in [6, 6.07) is 12.3. The van der Waals surface area contributed by atoms with E-state index < -0.39 is 5.97 Å². The Labute approximate surface area is 255 Å². The molecule has 5 nitrogen and oxygen atoms in total. The van der Waals surface area contributed by atoms with Crippen LogP contribution in [-0.2, 0) is 25.7 Å². The highest BCUT2D eigenvalue weighted by Crippen LogP contribution is 2.51. The van der Waals surface area contributed by atoms with E-state index in [2.05, 4.69) is 32.9 Å². The monoisotopic (exact) mass is 580 g/mol. The van der Waals surface area contributed by atoms with E-state index in [4.69, 9.17) is 9.47 Å². The average molecular weight is 581 g/mol. The van der Waals surface area contributed by atoms with Crippen LogP contribution in [0.15, 0.2) is 36.4 Å². The van der Waals surface area contributed by atoms with Gasteiger partial charge >= 0.3 is 5.97 Å². The minimum absolute atomic E-state index is 0.151. The van der Waals surface area contributed by atoms with Gasteiger partial charge in [-0.15, -0.1) is 0 Å². The fourth-order valence-electron chi connectivity index (χ4n) is 8.33.